The van der Waals surface area contributed by atoms with Crippen molar-refractivity contribution in [1.29, 1.82) is 0 Å². The molecule has 1 fully saturated rings. The van der Waals surface area contributed by atoms with Crippen LogP contribution in [-0.4, -0.2) is 58.0 Å². The van der Waals surface area contributed by atoms with Crippen molar-refractivity contribution in [1.82, 2.24) is 4.90 Å². The van der Waals surface area contributed by atoms with E-state index < -0.39 is 0 Å². The summed E-state index contributed by atoms with van der Waals surface area (Å²) in [6.07, 6.45) is 4.69. The van der Waals surface area contributed by atoms with Crippen LogP contribution in [0.4, 0.5) is 0 Å². The molecule has 2 N–H and O–H groups in total. The topological polar surface area (TPSA) is 47.7 Å². The summed E-state index contributed by atoms with van der Waals surface area (Å²) in [5.74, 6) is 0.694. The van der Waals surface area contributed by atoms with E-state index in [-0.39, 0.29) is 6.04 Å². The lowest BCUT2D eigenvalue weighted by atomic mass is 9.98. The van der Waals surface area contributed by atoms with Gasteiger partial charge in [0.05, 0.1) is 6.61 Å². The molecule has 1 rings (SSSR count). The summed E-state index contributed by atoms with van der Waals surface area (Å²) in [5.41, 5.74) is 6.14. The summed E-state index contributed by atoms with van der Waals surface area (Å²) in [4.78, 5) is 2.49. The molecule has 0 aromatic heterocycles. The van der Waals surface area contributed by atoms with Gasteiger partial charge in [0, 0.05) is 40.0 Å². The van der Waals surface area contributed by atoms with Crippen molar-refractivity contribution >= 4 is 0 Å². The van der Waals surface area contributed by atoms with E-state index in [1.165, 1.54) is 19.4 Å². The minimum absolute atomic E-state index is 0.284. The Hall–Kier alpha value is -0.160. The smallest absolute Gasteiger partial charge is 0.0502 e. The summed E-state index contributed by atoms with van der Waals surface area (Å²) >= 11 is 0. The average Bonchev–Trinajstić information content (AvgIpc) is 2.30. The minimum Gasteiger partial charge on any atom is -0.385 e. The fraction of sp³-hybridized carbons (Fsp3) is 1.00. The molecular weight excluding hydrogens is 216 g/mol. The molecule has 0 bridgehead atoms. The van der Waals surface area contributed by atoms with Gasteiger partial charge in [0.15, 0.2) is 0 Å². The molecule has 4 heteroatoms. The lowest BCUT2D eigenvalue weighted by molar-refractivity contribution is 0.0866. The maximum atomic E-state index is 6.14. The first-order chi connectivity index (χ1) is 8.26. The predicted molar refractivity (Wildman–Crippen MR) is 70.1 cm³/mol. The van der Waals surface area contributed by atoms with Gasteiger partial charge < -0.3 is 20.1 Å². The van der Waals surface area contributed by atoms with Crippen LogP contribution in [0.15, 0.2) is 0 Å². The molecule has 1 aliphatic heterocycles. The molecule has 1 heterocycles. The van der Waals surface area contributed by atoms with Crippen molar-refractivity contribution < 1.29 is 9.47 Å². The maximum Gasteiger partial charge on any atom is 0.0502 e. The summed E-state index contributed by atoms with van der Waals surface area (Å²) in [5, 5.41) is 0. The van der Waals surface area contributed by atoms with Crippen molar-refractivity contribution in [2.24, 2.45) is 11.7 Å². The predicted octanol–water partition coefficient (Wildman–Crippen LogP) is 1.10. The zero-order valence-corrected chi connectivity index (χ0v) is 11.4. The highest BCUT2D eigenvalue weighted by Crippen LogP contribution is 2.16. The second kappa shape index (κ2) is 8.86. The quantitative estimate of drug-likeness (QED) is 0.650. The Morgan fingerprint density at radius 1 is 1.35 bits per heavy atom. The van der Waals surface area contributed by atoms with Crippen LogP contribution in [-0.2, 0) is 9.47 Å². The molecule has 4 nitrogen and oxygen atoms in total. The van der Waals surface area contributed by atoms with Gasteiger partial charge in [0.25, 0.3) is 0 Å². The van der Waals surface area contributed by atoms with E-state index in [1.54, 1.807) is 14.2 Å². The Morgan fingerprint density at radius 3 is 2.88 bits per heavy atom. The van der Waals surface area contributed by atoms with E-state index in [0.29, 0.717) is 5.92 Å². The third-order valence-corrected chi connectivity index (χ3v) is 3.42. The van der Waals surface area contributed by atoms with Gasteiger partial charge in [0.2, 0.25) is 0 Å². The van der Waals surface area contributed by atoms with Crippen LogP contribution < -0.4 is 5.73 Å². The molecular formula is C13H28N2O2. The van der Waals surface area contributed by atoms with Crippen LogP contribution in [0.25, 0.3) is 0 Å². The van der Waals surface area contributed by atoms with Crippen molar-refractivity contribution in [2.45, 2.75) is 31.7 Å². The second-order valence-corrected chi connectivity index (χ2v) is 5.12. The zero-order valence-electron chi connectivity index (χ0n) is 11.4. The first-order valence-electron chi connectivity index (χ1n) is 6.72. The van der Waals surface area contributed by atoms with E-state index in [4.69, 9.17) is 15.2 Å². The van der Waals surface area contributed by atoms with Gasteiger partial charge in [-0.15, -0.1) is 0 Å². The van der Waals surface area contributed by atoms with Gasteiger partial charge in [-0.3, -0.25) is 0 Å². The van der Waals surface area contributed by atoms with E-state index in [1.807, 2.05) is 0 Å². The number of ether oxygens (including phenoxy) is 2. The van der Waals surface area contributed by atoms with E-state index in [2.05, 4.69) is 4.90 Å². The van der Waals surface area contributed by atoms with Crippen LogP contribution in [0.3, 0.4) is 0 Å². The number of hydrogen-bond acceptors (Lipinski definition) is 4. The van der Waals surface area contributed by atoms with Crippen molar-refractivity contribution in [3.8, 4) is 0 Å². The van der Waals surface area contributed by atoms with Crippen LogP contribution in [0.2, 0.25) is 0 Å². The highest BCUT2D eigenvalue weighted by atomic mass is 16.5. The second-order valence-electron chi connectivity index (χ2n) is 5.12. The Balaban J connectivity index is 2.16. The molecule has 2 unspecified atom stereocenters. The normalized spacial score (nSPS) is 23.8. The van der Waals surface area contributed by atoms with Crippen molar-refractivity contribution in [3.63, 3.8) is 0 Å². The Morgan fingerprint density at radius 2 is 2.18 bits per heavy atom. The van der Waals surface area contributed by atoms with Crippen LogP contribution in [0, 0.1) is 5.92 Å². The number of likely N-dealkylation sites (tertiary alicyclic amines) is 1. The van der Waals surface area contributed by atoms with Crippen LogP contribution in [0.5, 0.6) is 0 Å². The van der Waals surface area contributed by atoms with Gasteiger partial charge >= 0.3 is 0 Å². The van der Waals surface area contributed by atoms with Crippen molar-refractivity contribution in [3.05, 3.63) is 0 Å². The summed E-state index contributed by atoms with van der Waals surface area (Å²) in [7, 11) is 3.53. The molecule has 0 amide bonds. The maximum absolute atomic E-state index is 6.14. The number of piperidine rings is 1. The summed E-state index contributed by atoms with van der Waals surface area (Å²) < 4.78 is 10.3. The van der Waals surface area contributed by atoms with E-state index >= 15 is 0 Å². The van der Waals surface area contributed by atoms with Gasteiger partial charge in [-0.1, -0.05) is 0 Å². The minimum atomic E-state index is 0.284. The molecule has 0 radical (unpaired) electrons. The molecule has 1 aliphatic rings. The third kappa shape index (κ3) is 6.36. The average molecular weight is 244 g/mol. The summed E-state index contributed by atoms with van der Waals surface area (Å²) in [6, 6.07) is 0.284. The molecule has 1 saturated heterocycles. The molecule has 17 heavy (non-hydrogen) atoms. The lowest BCUT2D eigenvalue weighted by Gasteiger charge is -2.33. The van der Waals surface area contributed by atoms with Crippen molar-refractivity contribution in [2.75, 3.05) is 47.1 Å². The van der Waals surface area contributed by atoms with Gasteiger partial charge in [-0.05, 0) is 38.1 Å². The highest BCUT2D eigenvalue weighted by Gasteiger charge is 2.20. The molecule has 0 aliphatic carbocycles. The fourth-order valence-electron chi connectivity index (χ4n) is 2.60. The monoisotopic (exact) mass is 244 g/mol. The van der Waals surface area contributed by atoms with Gasteiger partial charge in [0.1, 0.15) is 0 Å². The third-order valence-electron chi connectivity index (χ3n) is 3.42. The summed E-state index contributed by atoms with van der Waals surface area (Å²) in [6.45, 7) is 5.06. The lowest BCUT2D eigenvalue weighted by Crippen LogP contribution is -2.43. The first-order valence-corrected chi connectivity index (χ1v) is 6.72. The van der Waals surface area contributed by atoms with Gasteiger partial charge in [-0.25, -0.2) is 0 Å². The Kier molecular flexibility index (Phi) is 7.77. The number of methoxy groups -OCH3 is 2. The SMILES string of the molecule is COCCCC(N)CN1CCCC(COC)C1. The van der Waals surface area contributed by atoms with Crippen LogP contribution >= 0.6 is 0 Å². The highest BCUT2D eigenvalue weighted by molar-refractivity contribution is 4.76. The van der Waals surface area contributed by atoms with E-state index in [0.717, 1.165) is 39.1 Å². The number of nitrogens with zero attached hydrogens (tertiary/aromatic N) is 1. The van der Waals surface area contributed by atoms with Crippen LogP contribution in [0.1, 0.15) is 25.7 Å². The van der Waals surface area contributed by atoms with E-state index in [9.17, 15) is 0 Å². The van der Waals surface area contributed by atoms with Gasteiger partial charge in [-0.2, -0.15) is 0 Å². The zero-order chi connectivity index (χ0) is 12.5. The first kappa shape index (κ1) is 14.9. The Bertz CT molecular complexity index is 188. The number of hydrogen-bond donors (Lipinski definition) is 1. The number of nitrogens with two attached hydrogens (primary N) is 1. The molecule has 0 saturated carbocycles. The molecule has 102 valence electrons. The largest absolute Gasteiger partial charge is 0.385 e. The number of rotatable bonds is 8. The fourth-order valence-corrected chi connectivity index (χ4v) is 2.60. The Labute approximate surface area is 105 Å². The molecule has 0 aromatic rings. The molecule has 2 atom stereocenters. The standard InChI is InChI=1S/C13H28N2O2/c1-16-8-4-6-13(14)10-15-7-3-5-12(9-15)11-17-2/h12-13H,3-11,14H2,1-2H3. The molecule has 0 aromatic carbocycles. The molecule has 0 spiro atoms.